The van der Waals surface area contributed by atoms with Crippen LogP contribution in [-0.4, -0.2) is 22.7 Å². The number of ether oxygens (including phenoxy) is 2. The van der Waals surface area contributed by atoms with Gasteiger partial charge in [0.2, 0.25) is 0 Å². The molecule has 3 rings (SSSR count). The SMILES string of the molecule is CCOc1cc(/C=N/Nc2ccc([N+](=O)[O-])cc2[N+](=O)[O-])cc(Br)c1OCc1cccc(Cl)c1. The Morgan fingerprint density at radius 2 is 1.88 bits per heavy atom. The average Bonchev–Trinajstić information content (AvgIpc) is 2.78. The second kappa shape index (κ2) is 11.4. The van der Waals surface area contributed by atoms with Crippen molar-refractivity contribution in [2.24, 2.45) is 5.10 Å². The summed E-state index contributed by atoms with van der Waals surface area (Å²) in [5, 5.41) is 26.8. The summed E-state index contributed by atoms with van der Waals surface area (Å²) in [5.74, 6) is 0.972. The van der Waals surface area contributed by atoms with Gasteiger partial charge in [-0.1, -0.05) is 23.7 Å². The van der Waals surface area contributed by atoms with E-state index >= 15 is 0 Å². The lowest BCUT2D eigenvalue weighted by Crippen LogP contribution is -2.02. The topological polar surface area (TPSA) is 129 Å². The Morgan fingerprint density at radius 3 is 2.56 bits per heavy atom. The van der Waals surface area contributed by atoms with Crippen LogP contribution in [-0.2, 0) is 6.61 Å². The van der Waals surface area contributed by atoms with Crippen molar-refractivity contribution in [2.45, 2.75) is 13.5 Å². The Labute approximate surface area is 207 Å². The Morgan fingerprint density at radius 1 is 1.09 bits per heavy atom. The number of rotatable bonds is 10. The van der Waals surface area contributed by atoms with Gasteiger partial charge in [-0.25, -0.2) is 0 Å². The first kappa shape index (κ1) is 24.9. The zero-order chi connectivity index (χ0) is 24.7. The van der Waals surface area contributed by atoms with E-state index in [4.69, 9.17) is 21.1 Å². The molecule has 0 saturated heterocycles. The van der Waals surface area contributed by atoms with Gasteiger partial charge in [-0.15, -0.1) is 0 Å². The number of benzene rings is 3. The molecule has 0 radical (unpaired) electrons. The predicted octanol–water partition coefficient (Wildman–Crippen LogP) is 6.34. The molecule has 0 heterocycles. The highest BCUT2D eigenvalue weighted by Gasteiger charge is 2.19. The molecule has 0 atom stereocenters. The van der Waals surface area contributed by atoms with Crippen LogP contribution in [0.2, 0.25) is 5.02 Å². The van der Waals surface area contributed by atoms with Crippen molar-refractivity contribution in [3.63, 3.8) is 0 Å². The van der Waals surface area contributed by atoms with Crippen molar-refractivity contribution in [2.75, 3.05) is 12.0 Å². The molecule has 0 spiro atoms. The van der Waals surface area contributed by atoms with Crippen LogP contribution < -0.4 is 14.9 Å². The largest absolute Gasteiger partial charge is 0.490 e. The fraction of sp³-hybridized carbons (Fsp3) is 0.136. The van der Waals surface area contributed by atoms with E-state index in [-0.39, 0.29) is 18.0 Å². The molecule has 0 saturated carbocycles. The summed E-state index contributed by atoms with van der Waals surface area (Å²) in [6.45, 7) is 2.51. The summed E-state index contributed by atoms with van der Waals surface area (Å²) < 4.78 is 12.3. The molecule has 0 aliphatic carbocycles. The molecule has 0 unspecified atom stereocenters. The Hall–Kier alpha value is -3.70. The zero-order valence-corrected chi connectivity index (χ0v) is 20.1. The summed E-state index contributed by atoms with van der Waals surface area (Å²) in [7, 11) is 0. The van der Waals surface area contributed by atoms with Gasteiger partial charge in [0.05, 0.1) is 33.2 Å². The number of nitrogens with one attached hydrogen (secondary N) is 1. The van der Waals surface area contributed by atoms with Crippen LogP contribution in [0.15, 0.2) is 64.2 Å². The van der Waals surface area contributed by atoms with Crippen LogP contribution in [0.25, 0.3) is 0 Å². The monoisotopic (exact) mass is 548 g/mol. The second-order valence-corrected chi connectivity index (χ2v) is 8.06. The van der Waals surface area contributed by atoms with E-state index in [1.165, 1.54) is 12.3 Å². The molecule has 10 nitrogen and oxygen atoms in total. The molecule has 0 aliphatic heterocycles. The van der Waals surface area contributed by atoms with Crippen molar-refractivity contribution >= 4 is 50.8 Å². The molecule has 34 heavy (non-hydrogen) atoms. The van der Waals surface area contributed by atoms with E-state index in [1.54, 1.807) is 24.3 Å². The maximum Gasteiger partial charge on any atom is 0.301 e. The van der Waals surface area contributed by atoms with Gasteiger partial charge >= 0.3 is 5.69 Å². The molecule has 0 fully saturated rings. The molecule has 12 heteroatoms. The Balaban J connectivity index is 1.80. The fourth-order valence-electron chi connectivity index (χ4n) is 2.90. The number of hydrazone groups is 1. The van der Waals surface area contributed by atoms with Crippen molar-refractivity contribution < 1.29 is 19.3 Å². The number of halogens is 2. The van der Waals surface area contributed by atoms with Gasteiger partial charge in [-0.2, -0.15) is 5.10 Å². The van der Waals surface area contributed by atoms with Crippen molar-refractivity contribution in [1.82, 2.24) is 0 Å². The summed E-state index contributed by atoms with van der Waals surface area (Å²) in [6.07, 6.45) is 1.43. The molecule has 0 aliphatic rings. The summed E-state index contributed by atoms with van der Waals surface area (Å²) in [4.78, 5) is 20.7. The maximum atomic E-state index is 11.3. The molecule has 3 aromatic rings. The van der Waals surface area contributed by atoms with Crippen molar-refractivity contribution in [3.8, 4) is 11.5 Å². The van der Waals surface area contributed by atoms with E-state index in [0.29, 0.717) is 33.2 Å². The highest BCUT2D eigenvalue weighted by molar-refractivity contribution is 9.10. The average molecular weight is 550 g/mol. The smallest absolute Gasteiger partial charge is 0.301 e. The first-order valence-corrected chi connectivity index (χ1v) is 11.0. The second-order valence-electron chi connectivity index (χ2n) is 6.77. The first-order chi connectivity index (χ1) is 16.3. The quantitative estimate of drug-likeness (QED) is 0.177. The standard InChI is InChI=1S/C22H18BrClN4O6/c1-2-33-21-10-15(9-18(23)22(21)34-13-14-4-3-5-16(24)8-14)12-25-26-19-7-6-17(27(29)30)11-20(19)28(31)32/h3-12,26H,2,13H2,1H3/b25-12+. The number of nitro groups is 2. The minimum atomic E-state index is -0.722. The molecular formula is C22H18BrClN4O6. The third-order valence-corrected chi connectivity index (χ3v) is 5.22. The van der Waals surface area contributed by atoms with E-state index in [1.807, 2.05) is 19.1 Å². The van der Waals surface area contributed by atoms with Gasteiger partial charge < -0.3 is 9.47 Å². The molecule has 1 N–H and O–H groups in total. The maximum absolute atomic E-state index is 11.3. The van der Waals surface area contributed by atoms with Crippen molar-refractivity contribution in [1.29, 1.82) is 0 Å². The van der Waals surface area contributed by atoms with Crippen LogP contribution in [0.5, 0.6) is 11.5 Å². The van der Waals surface area contributed by atoms with E-state index in [9.17, 15) is 20.2 Å². The van der Waals surface area contributed by atoms with Crippen LogP contribution in [0.4, 0.5) is 17.1 Å². The lowest BCUT2D eigenvalue weighted by Gasteiger charge is -2.15. The number of hydrogen-bond donors (Lipinski definition) is 1. The van der Waals surface area contributed by atoms with Crippen LogP contribution in [0.1, 0.15) is 18.1 Å². The van der Waals surface area contributed by atoms with E-state index in [2.05, 4.69) is 26.5 Å². The fourth-order valence-corrected chi connectivity index (χ4v) is 3.69. The summed E-state index contributed by atoms with van der Waals surface area (Å²) in [5.41, 5.74) is 3.21. The van der Waals surface area contributed by atoms with Gasteiger partial charge in [0.1, 0.15) is 12.3 Å². The molecule has 0 aromatic heterocycles. The van der Waals surface area contributed by atoms with Gasteiger partial charge in [-0.3, -0.25) is 25.7 Å². The highest BCUT2D eigenvalue weighted by atomic mass is 79.9. The Kier molecular flexibility index (Phi) is 8.39. The highest BCUT2D eigenvalue weighted by Crippen LogP contribution is 2.37. The molecule has 3 aromatic carbocycles. The van der Waals surface area contributed by atoms with Crippen LogP contribution in [0, 0.1) is 20.2 Å². The minimum absolute atomic E-state index is 0.0115. The first-order valence-electron chi connectivity index (χ1n) is 9.84. The third-order valence-electron chi connectivity index (χ3n) is 4.39. The van der Waals surface area contributed by atoms with E-state index < -0.39 is 15.5 Å². The predicted molar refractivity (Wildman–Crippen MR) is 132 cm³/mol. The minimum Gasteiger partial charge on any atom is -0.490 e. The van der Waals surface area contributed by atoms with Gasteiger partial charge in [0.25, 0.3) is 5.69 Å². The normalized spacial score (nSPS) is 10.8. The van der Waals surface area contributed by atoms with E-state index in [0.717, 1.165) is 17.7 Å². The number of nitro benzene ring substituents is 2. The third kappa shape index (κ3) is 6.42. The van der Waals surface area contributed by atoms with Crippen LogP contribution in [0.3, 0.4) is 0 Å². The molecule has 0 amide bonds. The number of nitrogens with zero attached hydrogens (tertiary/aromatic N) is 3. The number of anilines is 1. The van der Waals surface area contributed by atoms with Crippen LogP contribution >= 0.6 is 27.5 Å². The summed E-state index contributed by atoms with van der Waals surface area (Å²) in [6, 6.07) is 14.0. The molecule has 176 valence electrons. The van der Waals surface area contributed by atoms with Gasteiger partial charge in [-0.05, 0) is 64.3 Å². The van der Waals surface area contributed by atoms with Crippen molar-refractivity contribution in [3.05, 3.63) is 95.4 Å². The molecular weight excluding hydrogens is 532 g/mol. The number of non-ortho nitro benzene ring substituents is 1. The zero-order valence-electron chi connectivity index (χ0n) is 17.7. The lowest BCUT2D eigenvalue weighted by atomic mass is 10.2. The van der Waals surface area contributed by atoms with Gasteiger partial charge in [0, 0.05) is 11.1 Å². The number of hydrogen-bond acceptors (Lipinski definition) is 8. The Bertz CT molecular complexity index is 1250. The molecule has 0 bridgehead atoms. The summed E-state index contributed by atoms with van der Waals surface area (Å²) >= 11 is 9.50. The lowest BCUT2D eigenvalue weighted by molar-refractivity contribution is -0.393. The van der Waals surface area contributed by atoms with Gasteiger partial charge in [0.15, 0.2) is 11.5 Å².